The zero-order valence-corrected chi connectivity index (χ0v) is 30.9. The number of anilines is 3. The standard InChI is InChI=1S/C51H37N3O/c1-32-30-33(2)50(34(3)31-32)52(35-20-24-37(25-21-35)53-44-16-8-4-12-39(44)40-13-5-9-17-45(40)53)36-22-26-38(27-23-36)54-46-18-10-6-15-43(46)49-47(54)29-28-42-41-14-7-11-19-48(41)55-51(42)49/h4-31H,1-3H3. The van der Waals surface area contributed by atoms with E-state index in [9.17, 15) is 0 Å². The molecule has 0 unspecified atom stereocenters. The Labute approximate surface area is 318 Å². The van der Waals surface area contributed by atoms with E-state index in [-0.39, 0.29) is 0 Å². The van der Waals surface area contributed by atoms with Gasteiger partial charge in [-0.3, -0.25) is 0 Å². The predicted octanol–water partition coefficient (Wildman–Crippen LogP) is 14.2. The summed E-state index contributed by atoms with van der Waals surface area (Å²) in [5.41, 5.74) is 15.9. The smallest absolute Gasteiger partial charge is 0.145 e. The molecule has 0 amide bonds. The molecular formula is C51H37N3O. The molecule has 8 aromatic carbocycles. The molecule has 11 aromatic rings. The predicted molar refractivity (Wildman–Crippen MR) is 231 cm³/mol. The van der Waals surface area contributed by atoms with Gasteiger partial charge in [0.25, 0.3) is 0 Å². The maximum Gasteiger partial charge on any atom is 0.145 e. The molecular weight excluding hydrogens is 671 g/mol. The van der Waals surface area contributed by atoms with Crippen LogP contribution in [-0.2, 0) is 0 Å². The lowest BCUT2D eigenvalue weighted by atomic mass is 10.0. The summed E-state index contributed by atoms with van der Waals surface area (Å²) in [7, 11) is 0. The maximum atomic E-state index is 6.55. The van der Waals surface area contributed by atoms with E-state index in [1.807, 2.05) is 6.07 Å². The van der Waals surface area contributed by atoms with Gasteiger partial charge in [-0.05, 0) is 117 Å². The maximum absolute atomic E-state index is 6.55. The molecule has 0 bridgehead atoms. The lowest BCUT2D eigenvalue weighted by Gasteiger charge is -2.29. The summed E-state index contributed by atoms with van der Waals surface area (Å²) in [5.74, 6) is 0. The number of aromatic nitrogens is 2. The minimum Gasteiger partial charge on any atom is -0.455 e. The Morgan fingerprint density at radius 1 is 0.418 bits per heavy atom. The zero-order chi connectivity index (χ0) is 36.8. The highest BCUT2D eigenvalue weighted by molar-refractivity contribution is 6.23. The van der Waals surface area contributed by atoms with Crippen LogP contribution in [0.2, 0.25) is 0 Å². The van der Waals surface area contributed by atoms with E-state index < -0.39 is 0 Å². The van der Waals surface area contributed by atoms with Crippen LogP contribution in [0.1, 0.15) is 16.7 Å². The normalized spacial score (nSPS) is 11.9. The largest absolute Gasteiger partial charge is 0.455 e. The molecule has 0 spiro atoms. The number of hydrogen-bond donors (Lipinski definition) is 0. The van der Waals surface area contributed by atoms with E-state index >= 15 is 0 Å². The topological polar surface area (TPSA) is 26.2 Å². The van der Waals surface area contributed by atoms with Crippen LogP contribution in [0.3, 0.4) is 0 Å². The zero-order valence-electron chi connectivity index (χ0n) is 30.9. The SMILES string of the molecule is Cc1cc(C)c(N(c2ccc(-n3c4ccccc4c4ccccc43)cc2)c2ccc(-n3c4ccccc4c4c5oc6ccccc6c5ccc43)cc2)c(C)c1. The molecule has 0 saturated carbocycles. The van der Waals surface area contributed by atoms with E-state index in [1.54, 1.807) is 0 Å². The van der Waals surface area contributed by atoms with Crippen molar-refractivity contribution >= 4 is 82.6 Å². The third-order valence-corrected chi connectivity index (χ3v) is 11.4. The van der Waals surface area contributed by atoms with Gasteiger partial charge in [0.2, 0.25) is 0 Å². The van der Waals surface area contributed by atoms with Crippen molar-refractivity contribution < 1.29 is 4.42 Å². The van der Waals surface area contributed by atoms with Crippen molar-refractivity contribution in [2.45, 2.75) is 20.8 Å². The van der Waals surface area contributed by atoms with Crippen molar-refractivity contribution in [3.63, 3.8) is 0 Å². The van der Waals surface area contributed by atoms with Crippen LogP contribution in [0.25, 0.3) is 76.9 Å². The third-order valence-electron chi connectivity index (χ3n) is 11.4. The fourth-order valence-electron chi connectivity index (χ4n) is 9.15. The highest BCUT2D eigenvalue weighted by Crippen LogP contribution is 2.43. The third kappa shape index (κ3) is 4.71. The molecule has 0 radical (unpaired) electrons. The van der Waals surface area contributed by atoms with Gasteiger partial charge in [0.15, 0.2) is 0 Å². The van der Waals surface area contributed by atoms with Gasteiger partial charge >= 0.3 is 0 Å². The van der Waals surface area contributed by atoms with Crippen LogP contribution in [0, 0.1) is 20.8 Å². The van der Waals surface area contributed by atoms with Crippen LogP contribution in [0.15, 0.2) is 174 Å². The Balaban J connectivity index is 1.06. The Morgan fingerprint density at radius 2 is 0.891 bits per heavy atom. The molecule has 11 rings (SSSR count). The fourth-order valence-corrected chi connectivity index (χ4v) is 9.15. The van der Waals surface area contributed by atoms with Crippen LogP contribution >= 0.6 is 0 Å². The highest BCUT2D eigenvalue weighted by Gasteiger charge is 2.21. The first kappa shape index (κ1) is 31.5. The van der Waals surface area contributed by atoms with E-state index in [0.29, 0.717) is 0 Å². The first-order chi connectivity index (χ1) is 27.0. The molecule has 3 heterocycles. The quantitative estimate of drug-likeness (QED) is 0.178. The summed E-state index contributed by atoms with van der Waals surface area (Å²) < 4.78 is 11.3. The molecule has 0 atom stereocenters. The number of benzene rings is 8. The molecule has 0 aliphatic carbocycles. The molecule has 3 aromatic heterocycles. The monoisotopic (exact) mass is 707 g/mol. The Kier molecular flexibility index (Phi) is 6.86. The second kappa shape index (κ2) is 12.0. The Bertz CT molecular complexity index is 3210. The van der Waals surface area contributed by atoms with Crippen molar-refractivity contribution in [1.82, 2.24) is 9.13 Å². The van der Waals surface area contributed by atoms with Crippen LogP contribution in [0.5, 0.6) is 0 Å². The molecule has 0 fully saturated rings. The van der Waals surface area contributed by atoms with Crippen molar-refractivity contribution in [2.75, 3.05) is 4.90 Å². The minimum absolute atomic E-state index is 0.913. The summed E-state index contributed by atoms with van der Waals surface area (Å²) in [6.07, 6.45) is 0. The van der Waals surface area contributed by atoms with Crippen LogP contribution < -0.4 is 4.90 Å². The first-order valence-corrected chi connectivity index (χ1v) is 18.9. The molecule has 0 aliphatic heterocycles. The van der Waals surface area contributed by atoms with Crippen molar-refractivity contribution in [3.05, 3.63) is 187 Å². The lowest BCUT2D eigenvalue weighted by Crippen LogP contribution is -2.13. The molecule has 4 heteroatoms. The number of fused-ring (bicyclic) bond motifs is 10. The molecule has 262 valence electrons. The van der Waals surface area contributed by atoms with Crippen molar-refractivity contribution in [3.8, 4) is 11.4 Å². The molecule has 55 heavy (non-hydrogen) atoms. The number of aryl methyl sites for hydroxylation is 3. The Morgan fingerprint density at radius 3 is 1.47 bits per heavy atom. The molecule has 0 N–H and O–H groups in total. The van der Waals surface area contributed by atoms with E-state index in [4.69, 9.17) is 4.42 Å². The minimum atomic E-state index is 0.913. The van der Waals surface area contributed by atoms with E-state index in [2.05, 4.69) is 199 Å². The van der Waals surface area contributed by atoms with E-state index in [0.717, 1.165) is 61.1 Å². The summed E-state index contributed by atoms with van der Waals surface area (Å²) in [5, 5.41) is 7.14. The number of para-hydroxylation sites is 4. The number of rotatable bonds is 5. The molecule has 4 nitrogen and oxygen atoms in total. The van der Waals surface area contributed by atoms with Crippen LogP contribution in [0.4, 0.5) is 17.1 Å². The van der Waals surface area contributed by atoms with Gasteiger partial charge in [0, 0.05) is 49.7 Å². The fraction of sp³-hybridized carbons (Fsp3) is 0.0588. The van der Waals surface area contributed by atoms with Gasteiger partial charge in [-0.2, -0.15) is 0 Å². The highest BCUT2D eigenvalue weighted by atomic mass is 16.3. The second-order valence-electron chi connectivity index (χ2n) is 14.8. The Hall–Kier alpha value is -7.04. The average molecular weight is 708 g/mol. The number of furan rings is 1. The van der Waals surface area contributed by atoms with Gasteiger partial charge < -0.3 is 18.5 Å². The molecule has 0 aliphatic rings. The number of hydrogen-bond acceptors (Lipinski definition) is 2. The number of nitrogens with zero attached hydrogens (tertiary/aromatic N) is 3. The van der Waals surface area contributed by atoms with Crippen LogP contribution in [-0.4, -0.2) is 9.13 Å². The van der Waals surface area contributed by atoms with E-state index in [1.165, 1.54) is 49.6 Å². The first-order valence-electron chi connectivity index (χ1n) is 18.9. The summed E-state index contributed by atoms with van der Waals surface area (Å²) in [4.78, 5) is 2.41. The summed E-state index contributed by atoms with van der Waals surface area (Å²) >= 11 is 0. The van der Waals surface area contributed by atoms with Gasteiger partial charge in [0.05, 0.1) is 33.1 Å². The van der Waals surface area contributed by atoms with Gasteiger partial charge in [-0.25, -0.2) is 0 Å². The van der Waals surface area contributed by atoms with Gasteiger partial charge in [0.1, 0.15) is 11.2 Å². The summed E-state index contributed by atoms with van der Waals surface area (Å²) in [6.45, 7) is 6.62. The lowest BCUT2D eigenvalue weighted by molar-refractivity contribution is 0.673. The van der Waals surface area contributed by atoms with Gasteiger partial charge in [-0.1, -0.05) is 90.5 Å². The summed E-state index contributed by atoms with van der Waals surface area (Å²) in [6, 6.07) is 61.4. The van der Waals surface area contributed by atoms with Gasteiger partial charge in [-0.15, -0.1) is 0 Å². The molecule has 0 saturated heterocycles. The second-order valence-corrected chi connectivity index (χ2v) is 14.8. The van der Waals surface area contributed by atoms with Crippen molar-refractivity contribution in [1.29, 1.82) is 0 Å². The van der Waals surface area contributed by atoms with Crippen molar-refractivity contribution in [2.24, 2.45) is 0 Å². The average Bonchev–Trinajstić information content (AvgIpc) is 3.87.